The number of hydrogen-bond acceptors (Lipinski definition) is 3. The van der Waals surface area contributed by atoms with Crippen molar-refractivity contribution in [1.29, 1.82) is 0 Å². The molecule has 1 saturated carbocycles. The minimum atomic E-state index is 0. The number of amides is 1. The van der Waals surface area contributed by atoms with E-state index in [1.54, 1.807) is 0 Å². The van der Waals surface area contributed by atoms with Crippen molar-refractivity contribution in [2.75, 3.05) is 0 Å². The number of benzene rings is 1. The third-order valence-corrected chi connectivity index (χ3v) is 5.76. The van der Waals surface area contributed by atoms with Gasteiger partial charge in [-0.15, -0.1) is 0 Å². The Labute approximate surface area is 184 Å². The van der Waals surface area contributed by atoms with E-state index < -0.39 is 0 Å². The third-order valence-electron chi connectivity index (χ3n) is 4.49. The van der Waals surface area contributed by atoms with E-state index in [4.69, 9.17) is 10.5 Å². The summed E-state index contributed by atoms with van der Waals surface area (Å²) in [7, 11) is 0. The average Bonchev–Trinajstić information content (AvgIpc) is 3.30. The van der Waals surface area contributed by atoms with Crippen LogP contribution in [0.2, 0.25) is 0 Å². The first kappa shape index (κ1) is 24.4. The molecule has 1 aliphatic carbocycles. The van der Waals surface area contributed by atoms with Crippen LogP contribution in [0.4, 0.5) is 0 Å². The number of aromatic nitrogens is 3. The molecule has 1 radical (unpaired) electrons. The fraction of sp³-hybridized carbons (Fsp3) is 0.333. The Bertz CT molecular complexity index is 848. The molecule has 1 aliphatic rings. The molecule has 0 spiro atoms. The van der Waals surface area contributed by atoms with Crippen LogP contribution in [0.15, 0.2) is 42.6 Å². The van der Waals surface area contributed by atoms with Gasteiger partial charge in [0.25, 0.3) is 0 Å². The molecule has 28 heavy (non-hydrogen) atoms. The predicted molar refractivity (Wildman–Crippen MR) is 112 cm³/mol. The SMILES string of the molecule is Cc1ncc2cc(C)n(C3CCCC3)c2n1.[CH2-][Se]c1ccccc1.[Mn+2].[NH-]C=O. The molecule has 0 saturated heterocycles. The summed E-state index contributed by atoms with van der Waals surface area (Å²) >= 11 is 0.418. The van der Waals surface area contributed by atoms with Gasteiger partial charge in [0.1, 0.15) is 11.5 Å². The molecule has 1 N–H and O–H groups in total. The minimum Gasteiger partial charge on any atom is -0.671 e. The van der Waals surface area contributed by atoms with Gasteiger partial charge in [-0.05, 0) is 32.8 Å². The summed E-state index contributed by atoms with van der Waals surface area (Å²) in [6.07, 6.45) is 7.25. The number of fused-ring (bicyclic) bond motifs is 1. The summed E-state index contributed by atoms with van der Waals surface area (Å²) in [6.45, 7) is 4.14. The van der Waals surface area contributed by atoms with Crippen LogP contribution in [0.5, 0.6) is 0 Å². The Morgan fingerprint density at radius 1 is 1.21 bits per heavy atom. The number of carbonyl (C=O) groups is 1. The summed E-state index contributed by atoms with van der Waals surface area (Å²) in [5, 5.41) is 1.18. The monoisotopic (exact) mass is 485 g/mol. The summed E-state index contributed by atoms with van der Waals surface area (Å²) in [6, 6.07) is 13.2. The zero-order valence-corrected chi connectivity index (χ0v) is 19.2. The average molecular weight is 484 g/mol. The van der Waals surface area contributed by atoms with E-state index in [0.29, 0.717) is 21.0 Å². The number of rotatable bonds is 2. The molecule has 1 amide bonds. The van der Waals surface area contributed by atoms with Gasteiger partial charge in [0, 0.05) is 29.7 Å². The number of carbonyl (C=O) groups excluding carboxylic acids is 1. The molecule has 2 aromatic heterocycles. The second-order valence-corrected chi connectivity index (χ2v) is 7.96. The smallest absolute Gasteiger partial charge is 0.671 e. The van der Waals surface area contributed by atoms with Crippen LogP contribution in [-0.4, -0.2) is 35.9 Å². The molecule has 1 fully saturated rings. The Balaban J connectivity index is 0.000000277. The van der Waals surface area contributed by atoms with Crippen LogP contribution < -0.4 is 4.46 Å². The van der Waals surface area contributed by atoms with Crippen molar-refractivity contribution >= 4 is 36.9 Å². The predicted octanol–water partition coefficient (Wildman–Crippen LogP) is 4.16. The van der Waals surface area contributed by atoms with Crippen LogP contribution in [0.1, 0.15) is 43.2 Å². The summed E-state index contributed by atoms with van der Waals surface area (Å²) in [5.41, 5.74) is 7.97. The van der Waals surface area contributed by atoms with Gasteiger partial charge in [0.2, 0.25) is 0 Å². The topological polar surface area (TPSA) is 71.6 Å². The molecule has 7 heteroatoms. The summed E-state index contributed by atoms with van der Waals surface area (Å²) < 4.78 is 3.77. The van der Waals surface area contributed by atoms with Crippen LogP contribution in [0, 0.1) is 19.7 Å². The molecular weight excluding hydrogens is 458 g/mol. The van der Waals surface area contributed by atoms with Gasteiger partial charge in [-0.2, -0.15) is 0 Å². The zero-order chi connectivity index (χ0) is 19.6. The molecule has 3 aromatic rings. The molecule has 5 nitrogen and oxygen atoms in total. The van der Waals surface area contributed by atoms with Crippen molar-refractivity contribution in [1.82, 2.24) is 14.5 Å². The van der Waals surface area contributed by atoms with Crippen LogP contribution in [0.25, 0.3) is 16.8 Å². The first-order valence-electron chi connectivity index (χ1n) is 8.99. The maximum Gasteiger partial charge on any atom is 2.00 e. The molecule has 149 valence electrons. The third kappa shape index (κ3) is 6.75. The molecule has 0 aliphatic heterocycles. The first-order chi connectivity index (χ1) is 13.1. The normalized spacial score (nSPS) is 13.0. The van der Waals surface area contributed by atoms with Gasteiger partial charge in [0.15, 0.2) is 0 Å². The van der Waals surface area contributed by atoms with Crippen LogP contribution in [-0.2, 0) is 21.9 Å². The Kier molecular flexibility index (Phi) is 11.1. The quantitative estimate of drug-likeness (QED) is 0.312. The van der Waals surface area contributed by atoms with Crippen LogP contribution >= 0.6 is 0 Å². The number of aryl methyl sites for hydroxylation is 2. The molecule has 2 heterocycles. The standard InChI is InChI=1S/C13H17N3.C7H7Se.CH3NO.Mn/c1-9-7-11-8-14-10(2)15-13(11)16(9)12-5-3-4-6-12;1-8-7-5-3-2-4-6-7;2-1-3;/h7-8,12H,3-6H2,1-2H3;2-6H,1H2;1H,(H2,2,3);/q;-1;;+2/p-1. The Morgan fingerprint density at radius 3 is 2.36 bits per heavy atom. The fourth-order valence-corrected chi connectivity index (χ4v) is 4.10. The summed E-state index contributed by atoms with van der Waals surface area (Å²) in [5.74, 6) is 4.68. The van der Waals surface area contributed by atoms with E-state index in [1.807, 2.05) is 31.3 Å². The largest absolute Gasteiger partial charge is 2.00 e. The van der Waals surface area contributed by atoms with Crippen molar-refractivity contribution in [2.45, 2.75) is 45.6 Å². The van der Waals surface area contributed by atoms with Crippen molar-refractivity contribution < 1.29 is 21.9 Å². The van der Waals surface area contributed by atoms with E-state index in [0.717, 1.165) is 11.5 Å². The van der Waals surface area contributed by atoms with E-state index in [1.165, 1.54) is 41.2 Å². The molecule has 0 bridgehead atoms. The number of nitrogens with zero attached hydrogens (tertiary/aromatic N) is 3. The molecule has 0 unspecified atom stereocenters. The molecule has 1 aromatic carbocycles. The van der Waals surface area contributed by atoms with E-state index in [9.17, 15) is 0 Å². The zero-order valence-electron chi connectivity index (χ0n) is 16.3. The molecular formula is C21H26MnN4OSe. The Morgan fingerprint density at radius 2 is 1.82 bits per heavy atom. The first-order valence-corrected chi connectivity index (χ1v) is 11.1. The van der Waals surface area contributed by atoms with Crippen molar-refractivity contribution in [3.05, 3.63) is 65.7 Å². The van der Waals surface area contributed by atoms with Gasteiger partial charge in [0.05, 0.1) is 0 Å². The van der Waals surface area contributed by atoms with Gasteiger partial charge >= 0.3 is 72.6 Å². The van der Waals surface area contributed by atoms with Crippen molar-refractivity contribution in [3.63, 3.8) is 0 Å². The van der Waals surface area contributed by atoms with Gasteiger partial charge < -0.3 is 15.1 Å². The van der Waals surface area contributed by atoms with E-state index in [2.05, 4.69) is 45.5 Å². The van der Waals surface area contributed by atoms with E-state index in [-0.39, 0.29) is 23.5 Å². The second kappa shape index (κ2) is 12.7. The van der Waals surface area contributed by atoms with Gasteiger partial charge in [-0.1, -0.05) is 12.8 Å². The van der Waals surface area contributed by atoms with Crippen molar-refractivity contribution in [3.8, 4) is 0 Å². The number of nitrogens with one attached hydrogen (secondary N) is 1. The number of hydrogen-bond donors (Lipinski definition) is 0. The molecule has 0 atom stereocenters. The molecule has 4 rings (SSSR count). The maximum absolute atomic E-state index is 8.47. The fourth-order valence-electron chi connectivity index (χ4n) is 3.36. The van der Waals surface area contributed by atoms with Gasteiger partial charge in [-0.3, -0.25) is 0 Å². The minimum absolute atomic E-state index is 0. The van der Waals surface area contributed by atoms with Crippen molar-refractivity contribution in [2.24, 2.45) is 0 Å². The second-order valence-electron chi connectivity index (χ2n) is 6.37. The Hall–Kier alpha value is -1.65. The van der Waals surface area contributed by atoms with Crippen LogP contribution in [0.3, 0.4) is 0 Å². The van der Waals surface area contributed by atoms with Gasteiger partial charge in [-0.25, -0.2) is 9.97 Å². The maximum atomic E-state index is 8.47. The summed E-state index contributed by atoms with van der Waals surface area (Å²) in [4.78, 5) is 17.3. The van der Waals surface area contributed by atoms with E-state index >= 15 is 0 Å².